The van der Waals surface area contributed by atoms with Crippen molar-refractivity contribution in [3.63, 3.8) is 0 Å². The summed E-state index contributed by atoms with van der Waals surface area (Å²) in [6, 6.07) is 0.679. The highest BCUT2D eigenvalue weighted by Crippen LogP contribution is 2.39. The lowest BCUT2D eigenvalue weighted by molar-refractivity contribution is -0.146. The number of benzene rings is 1. The molecule has 2 aromatic heterocycles. The number of esters is 1. The molecule has 8 nitrogen and oxygen atoms in total. The van der Waals surface area contributed by atoms with Crippen LogP contribution in [0, 0.1) is 0 Å². The zero-order valence-corrected chi connectivity index (χ0v) is 21.7. The van der Waals surface area contributed by atoms with Crippen LogP contribution in [0.5, 0.6) is 0 Å². The monoisotopic (exact) mass is 522 g/mol. The summed E-state index contributed by atoms with van der Waals surface area (Å²) in [5.74, 6) is -0.553. The van der Waals surface area contributed by atoms with Gasteiger partial charge in [-0.05, 0) is 40.7 Å². The van der Waals surface area contributed by atoms with Gasteiger partial charge in [-0.1, -0.05) is 23.2 Å². The molecule has 1 saturated heterocycles. The highest BCUT2D eigenvalue weighted by Gasteiger charge is 2.52. The molecule has 0 N–H and O–H groups in total. The largest absolute Gasteiger partial charge is 0.496 e. The summed E-state index contributed by atoms with van der Waals surface area (Å²) in [4.78, 5) is 17.5. The molecular weight excluding hydrogens is 497 g/mol. The number of ether oxygens (including phenoxy) is 1. The minimum absolute atomic E-state index is 0.166. The minimum atomic E-state index is -1.03. The van der Waals surface area contributed by atoms with Crippen LogP contribution in [0.15, 0.2) is 18.6 Å². The van der Waals surface area contributed by atoms with Crippen molar-refractivity contribution in [3.8, 4) is 0 Å². The van der Waals surface area contributed by atoms with Gasteiger partial charge in [-0.3, -0.25) is 4.68 Å². The van der Waals surface area contributed by atoms with E-state index < -0.39 is 36.5 Å². The number of rotatable bonds is 5. The Bertz CT molecular complexity index is 1310. The second-order valence-corrected chi connectivity index (χ2v) is 10.7. The van der Waals surface area contributed by atoms with Crippen LogP contribution in [-0.4, -0.2) is 56.4 Å². The van der Waals surface area contributed by atoms with E-state index in [9.17, 15) is 9.18 Å². The van der Waals surface area contributed by atoms with Gasteiger partial charge in [0, 0.05) is 29.2 Å². The standard InChI is InChI=1S/C23H26BCl2FN4O4/c1-6-33-21(32)20(19-16-7-12(27)9-30(16)11-28-19)31-10-13-15(25)8-14(17(26)18(13)29-31)24-34-22(2,3)23(4,5)35-24/h8,10-12,20H,6-7,9H2,1-5H3/t12-,20-/m1/s1. The first kappa shape index (κ1) is 24.6. The van der Waals surface area contributed by atoms with Gasteiger partial charge in [-0.2, -0.15) is 5.10 Å². The summed E-state index contributed by atoms with van der Waals surface area (Å²) in [6.07, 6.45) is 2.31. The van der Waals surface area contributed by atoms with Gasteiger partial charge in [0.25, 0.3) is 0 Å². The number of nitrogens with zero attached hydrogens (tertiary/aromatic N) is 4. The Hall–Kier alpha value is -2.14. The van der Waals surface area contributed by atoms with Crippen LogP contribution < -0.4 is 5.46 Å². The van der Waals surface area contributed by atoms with Gasteiger partial charge in [-0.15, -0.1) is 0 Å². The molecule has 0 radical (unpaired) electrons. The summed E-state index contributed by atoms with van der Waals surface area (Å²) >= 11 is 13.4. The fraction of sp³-hybridized carbons (Fsp3) is 0.522. The molecule has 0 unspecified atom stereocenters. The van der Waals surface area contributed by atoms with E-state index >= 15 is 0 Å². The predicted octanol–water partition coefficient (Wildman–Crippen LogP) is 3.89. The minimum Gasteiger partial charge on any atom is -0.464 e. The number of hydrogen-bond acceptors (Lipinski definition) is 6. The molecule has 12 heteroatoms. The molecular formula is C23H26BCl2FN4O4. The van der Waals surface area contributed by atoms with Crippen molar-refractivity contribution in [1.29, 1.82) is 0 Å². The summed E-state index contributed by atoms with van der Waals surface area (Å²) < 4.78 is 34.9. The third-order valence-electron chi connectivity index (χ3n) is 7.06. The molecule has 2 aliphatic rings. The zero-order chi connectivity index (χ0) is 25.3. The Labute approximate surface area is 212 Å². The molecule has 186 valence electrons. The van der Waals surface area contributed by atoms with E-state index in [2.05, 4.69) is 10.1 Å². The number of aromatic nitrogens is 4. The number of carbonyl (C=O) groups is 1. The lowest BCUT2D eigenvalue weighted by Crippen LogP contribution is -2.41. The van der Waals surface area contributed by atoms with Crippen LogP contribution >= 0.6 is 23.2 Å². The summed E-state index contributed by atoms with van der Waals surface area (Å²) in [7, 11) is -0.738. The highest BCUT2D eigenvalue weighted by atomic mass is 35.5. The molecule has 3 aromatic rings. The van der Waals surface area contributed by atoms with Crippen molar-refractivity contribution < 1.29 is 23.2 Å². The molecule has 1 fully saturated rings. The second kappa shape index (κ2) is 8.47. The molecule has 0 amide bonds. The molecule has 0 aliphatic carbocycles. The fourth-order valence-corrected chi connectivity index (χ4v) is 5.04. The van der Waals surface area contributed by atoms with Gasteiger partial charge in [-0.25, -0.2) is 14.2 Å². The van der Waals surface area contributed by atoms with Crippen molar-refractivity contribution in [2.24, 2.45) is 0 Å². The fourth-order valence-electron chi connectivity index (χ4n) is 4.50. The van der Waals surface area contributed by atoms with Gasteiger partial charge >= 0.3 is 13.1 Å². The van der Waals surface area contributed by atoms with E-state index in [1.54, 1.807) is 23.8 Å². The number of carbonyl (C=O) groups excluding carboxylic acids is 1. The summed E-state index contributed by atoms with van der Waals surface area (Å²) in [6.45, 7) is 9.89. The van der Waals surface area contributed by atoms with E-state index in [1.165, 1.54) is 11.0 Å². The second-order valence-electron chi connectivity index (χ2n) is 9.91. The molecule has 35 heavy (non-hydrogen) atoms. The number of hydrogen-bond donors (Lipinski definition) is 0. The van der Waals surface area contributed by atoms with Gasteiger partial charge in [0.05, 0.1) is 46.4 Å². The Morgan fingerprint density at radius 1 is 1.31 bits per heavy atom. The number of imidazole rings is 1. The Morgan fingerprint density at radius 2 is 2.00 bits per heavy atom. The predicted molar refractivity (Wildman–Crippen MR) is 131 cm³/mol. The van der Waals surface area contributed by atoms with Crippen molar-refractivity contribution in [2.45, 2.75) is 71.0 Å². The maximum atomic E-state index is 14.1. The van der Waals surface area contributed by atoms with Crippen molar-refractivity contribution in [3.05, 3.63) is 40.0 Å². The lowest BCUT2D eigenvalue weighted by atomic mass is 9.78. The van der Waals surface area contributed by atoms with Crippen LogP contribution in [0.25, 0.3) is 10.9 Å². The average Bonchev–Trinajstić information content (AvgIpc) is 3.49. The average molecular weight is 523 g/mol. The number of halogens is 3. The van der Waals surface area contributed by atoms with Crippen LogP contribution in [-0.2, 0) is 31.8 Å². The number of fused-ring (bicyclic) bond motifs is 2. The van der Waals surface area contributed by atoms with Crippen molar-refractivity contribution in [2.75, 3.05) is 6.61 Å². The van der Waals surface area contributed by atoms with Crippen LogP contribution in [0.3, 0.4) is 0 Å². The zero-order valence-electron chi connectivity index (χ0n) is 20.1. The van der Waals surface area contributed by atoms with E-state index in [0.29, 0.717) is 37.8 Å². The van der Waals surface area contributed by atoms with Crippen molar-refractivity contribution >= 4 is 52.7 Å². The molecule has 0 saturated carbocycles. The maximum absolute atomic E-state index is 14.1. The van der Waals surface area contributed by atoms with Gasteiger partial charge in [0.15, 0.2) is 6.04 Å². The topological polar surface area (TPSA) is 80.4 Å². The first-order chi connectivity index (χ1) is 16.4. The maximum Gasteiger partial charge on any atom is 0.496 e. The molecule has 0 bridgehead atoms. The third kappa shape index (κ3) is 3.95. The molecule has 2 aliphatic heterocycles. The van der Waals surface area contributed by atoms with E-state index in [4.69, 9.17) is 37.2 Å². The van der Waals surface area contributed by atoms with Crippen molar-refractivity contribution in [1.82, 2.24) is 19.3 Å². The van der Waals surface area contributed by atoms with E-state index in [1.807, 2.05) is 27.7 Å². The smallest absolute Gasteiger partial charge is 0.464 e. The molecule has 0 spiro atoms. The van der Waals surface area contributed by atoms with Crippen LogP contribution in [0.2, 0.25) is 10.0 Å². The normalized spacial score (nSPS) is 21.5. The Morgan fingerprint density at radius 3 is 2.66 bits per heavy atom. The molecule has 1 aromatic carbocycles. The van der Waals surface area contributed by atoms with Crippen LogP contribution in [0.1, 0.15) is 52.0 Å². The SMILES string of the molecule is CCOC(=O)[C@@H](c1ncn2c1C[C@@H](F)C2)n1cc2c(Cl)cc(B3OC(C)(C)C(C)(C)O3)c(Cl)c2n1. The Balaban J connectivity index is 1.61. The molecule has 5 rings (SSSR count). The first-order valence-electron chi connectivity index (χ1n) is 11.5. The Kier molecular flexibility index (Phi) is 5.94. The molecule has 4 heterocycles. The van der Waals surface area contributed by atoms with Gasteiger partial charge in [0.2, 0.25) is 0 Å². The van der Waals surface area contributed by atoms with Crippen LogP contribution in [0.4, 0.5) is 4.39 Å². The lowest BCUT2D eigenvalue weighted by Gasteiger charge is -2.32. The molecule has 2 atom stereocenters. The van der Waals surface area contributed by atoms with Gasteiger partial charge < -0.3 is 18.6 Å². The quantitative estimate of drug-likeness (QED) is 0.373. The number of alkyl halides is 1. The summed E-state index contributed by atoms with van der Waals surface area (Å²) in [5.41, 5.74) is 0.848. The third-order valence-corrected chi connectivity index (χ3v) is 7.77. The highest BCUT2D eigenvalue weighted by molar-refractivity contribution is 6.67. The van der Waals surface area contributed by atoms with E-state index in [0.717, 1.165) is 0 Å². The summed E-state index contributed by atoms with van der Waals surface area (Å²) in [5, 5.41) is 5.86. The first-order valence-corrected chi connectivity index (χ1v) is 12.3. The van der Waals surface area contributed by atoms with Gasteiger partial charge in [0.1, 0.15) is 11.7 Å². The van der Waals surface area contributed by atoms with E-state index in [-0.39, 0.29) is 19.6 Å².